The molecule has 2 aromatic heterocycles. The van der Waals surface area contributed by atoms with Crippen molar-refractivity contribution in [3.8, 4) is 11.5 Å². The molecular formula is C24H27ClN4O5S. The third kappa shape index (κ3) is 4.85. The number of rotatable bonds is 6. The van der Waals surface area contributed by atoms with Crippen molar-refractivity contribution in [3.63, 3.8) is 0 Å². The Morgan fingerprint density at radius 3 is 2.66 bits per heavy atom. The predicted molar refractivity (Wildman–Crippen MR) is 136 cm³/mol. The highest BCUT2D eigenvalue weighted by Gasteiger charge is 2.25. The van der Waals surface area contributed by atoms with Gasteiger partial charge in [-0.2, -0.15) is 0 Å². The van der Waals surface area contributed by atoms with E-state index in [4.69, 9.17) is 21.1 Å². The summed E-state index contributed by atoms with van der Waals surface area (Å²) in [5.41, 5.74) is 0.532. The number of halogens is 1. The minimum atomic E-state index is -0.422. The van der Waals surface area contributed by atoms with Crippen molar-refractivity contribution >= 4 is 50.7 Å². The molecule has 1 saturated heterocycles. The largest absolute Gasteiger partial charge is 0.495 e. The molecule has 0 saturated carbocycles. The Kier molecular flexibility index (Phi) is 7.32. The summed E-state index contributed by atoms with van der Waals surface area (Å²) in [5.74, 6) is 0.270. The number of carbonyl (C=O) groups is 2. The number of thiophene rings is 1. The highest BCUT2D eigenvalue weighted by molar-refractivity contribution is 7.20. The summed E-state index contributed by atoms with van der Waals surface area (Å²) in [4.78, 5) is 46.2. The number of nitrogens with one attached hydrogen (secondary N) is 1. The standard InChI is InChI=1S/C24H27ClN4O5S/c1-13-7-5-6-8-29(13)19(30)11-28-12-26-23-20(24(28)32)14(2)21(35-23)22(31)27-16-9-15(25)17(33-3)10-18(16)34-4/h9-10,12-13H,5-8,11H2,1-4H3,(H,27,31)/t13-/m1/s1. The molecule has 2 amide bonds. The third-order valence-corrected chi connectivity index (χ3v) is 7.77. The second-order valence-corrected chi connectivity index (χ2v) is 9.89. The third-order valence-electron chi connectivity index (χ3n) is 6.27. The van der Waals surface area contributed by atoms with E-state index in [0.29, 0.717) is 49.4 Å². The van der Waals surface area contributed by atoms with Crippen LogP contribution in [0.4, 0.5) is 5.69 Å². The summed E-state index contributed by atoms with van der Waals surface area (Å²) in [5, 5.41) is 3.44. The van der Waals surface area contributed by atoms with E-state index in [2.05, 4.69) is 10.3 Å². The molecule has 186 valence electrons. The van der Waals surface area contributed by atoms with Crippen LogP contribution in [0.1, 0.15) is 41.4 Å². The van der Waals surface area contributed by atoms with Gasteiger partial charge in [0.1, 0.15) is 22.9 Å². The maximum absolute atomic E-state index is 13.2. The molecule has 1 aromatic carbocycles. The Labute approximate surface area is 211 Å². The van der Waals surface area contributed by atoms with Gasteiger partial charge in [-0.05, 0) is 44.7 Å². The lowest BCUT2D eigenvalue weighted by molar-refractivity contribution is -0.135. The zero-order valence-corrected chi connectivity index (χ0v) is 21.6. The normalized spacial score (nSPS) is 15.8. The Bertz CT molecular complexity index is 1350. The second kappa shape index (κ2) is 10.2. The van der Waals surface area contributed by atoms with Crippen LogP contribution in [-0.4, -0.2) is 53.1 Å². The van der Waals surface area contributed by atoms with Crippen molar-refractivity contribution in [2.75, 3.05) is 26.1 Å². The van der Waals surface area contributed by atoms with Gasteiger partial charge >= 0.3 is 0 Å². The lowest BCUT2D eigenvalue weighted by Gasteiger charge is -2.33. The number of likely N-dealkylation sites (tertiary alicyclic amines) is 1. The molecule has 35 heavy (non-hydrogen) atoms. The molecule has 1 atom stereocenters. The molecule has 9 nitrogen and oxygen atoms in total. The fourth-order valence-corrected chi connectivity index (χ4v) is 5.61. The molecule has 0 aliphatic carbocycles. The lowest BCUT2D eigenvalue weighted by Crippen LogP contribution is -2.44. The molecule has 0 spiro atoms. The van der Waals surface area contributed by atoms with Gasteiger partial charge in [0, 0.05) is 18.7 Å². The molecule has 1 aliphatic rings. The van der Waals surface area contributed by atoms with Gasteiger partial charge in [-0.25, -0.2) is 4.98 Å². The summed E-state index contributed by atoms with van der Waals surface area (Å²) in [7, 11) is 2.96. The van der Waals surface area contributed by atoms with Gasteiger partial charge in [-0.15, -0.1) is 11.3 Å². The summed E-state index contributed by atoms with van der Waals surface area (Å²) in [6.45, 7) is 4.35. The lowest BCUT2D eigenvalue weighted by atomic mass is 10.0. The first-order chi connectivity index (χ1) is 16.7. The minimum absolute atomic E-state index is 0.0789. The highest BCUT2D eigenvalue weighted by Crippen LogP contribution is 2.37. The number of carbonyl (C=O) groups excluding carboxylic acids is 2. The Morgan fingerprint density at radius 1 is 1.23 bits per heavy atom. The van der Waals surface area contributed by atoms with Crippen LogP contribution in [0.2, 0.25) is 5.02 Å². The van der Waals surface area contributed by atoms with Crippen LogP contribution in [0.25, 0.3) is 10.2 Å². The number of aromatic nitrogens is 2. The van der Waals surface area contributed by atoms with Crippen molar-refractivity contribution in [2.45, 2.75) is 45.7 Å². The molecule has 4 rings (SSSR count). The van der Waals surface area contributed by atoms with Gasteiger partial charge in [0.05, 0.1) is 41.5 Å². The van der Waals surface area contributed by atoms with Gasteiger partial charge in [0.2, 0.25) is 5.91 Å². The molecule has 0 unspecified atom stereocenters. The topological polar surface area (TPSA) is 103 Å². The number of amides is 2. The molecule has 3 aromatic rings. The van der Waals surface area contributed by atoms with Gasteiger partial charge in [0.25, 0.3) is 11.5 Å². The molecule has 11 heteroatoms. The SMILES string of the molecule is COc1cc(OC)c(NC(=O)c2sc3ncn(CC(=O)N4CCCC[C@H]4C)c(=O)c3c2C)cc1Cl. The average molecular weight is 519 g/mol. The monoisotopic (exact) mass is 518 g/mol. The van der Waals surface area contributed by atoms with E-state index in [1.807, 2.05) is 11.8 Å². The second-order valence-electron chi connectivity index (χ2n) is 8.49. The zero-order valence-electron chi connectivity index (χ0n) is 20.0. The number of aryl methyl sites for hydroxylation is 1. The Morgan fingerprint density at radius 2 is 1.97 bits per heavy atom. The van der Waals surface area contributed by atoms with E-state index < -0.39 is 5.91 Å². The van der Waals surface area contributed by atoms with E-state index in [1.165, 1.54) is 31.2 Å². The quantitative estimate of drug-likeness (QED) is 0.527. The highest BCUT2D eigenvalue weighted by atomic mass is 35.5. The molecule has 1 aliphatic heterocycles. The maximum Gasteiger partial charge on any atom is 0.266 e. The van der Waals surface area contributed by atoms with Crippen LogP contribution in [0, 0.1) is 6.92 Å². The fourth-order valence-electron chi connectivity index (χ4n) is 4.33. The van der Waals surface area contributed by atoms with Crippen molar-refractivity contribution in [1.29, 1.82) is 0 Å². The smallest absolute Gasteiger partial charge is 0.266 e. The van der Waals surface area contributed by atoms with Crippen molar-refractivity contribution in [1.82, 2.24) is 14.5 Å². The summed E-state index contributed by atoms with van der Waals surface area (Å²) in [6, 6.07) is 3.28. The number of methoxy groups -OCH3 is 2. The van der Waals surface area contributed by atoms with E-state index in [9.17, 15) is 14.4 Å². The van der Waals surface area contributed by atoms with Crippen molar-refractivity contribution < 1.29 is 19.1 Å². The summed E-state index contributed by atoms with van der Waals surface area (Å²) >= 11 is 7.33. The number of ether oxygens (including phenoxy) is 2. The fraction of sp³-hybridized carbons (Fsp3) is 0.417. The Balaban J connectivity index is 1.62. The van der Waals surface area contributed by atoms with Crippen molar-refractivity contribution in [3.05, 3.63) is 44.3 Å². The van der Waals surface area contributed by atoms with Gasteiger partial charge in [-0.1, -0.05) is 11.6 Å². The van der Waals surface area contributed by atoms with E-state index >= 15 is 0 Å². The average Bonchev–Trinajstić information content (AvgIpc) is 3.18. The maximum atomic E-state index is 13.2. The van der Waals surface area contributed by atoms with Crippen LogP contribution in [0.5, 0.6) is 11.5 Å². The van der Waals surface area contributed by atoms with E-state index in [-0.39, 0.29) is 24.1 Å². The number of anilines is 1. The first kappa shape index (κ1) is 25.0. The number of nitrogens with zero attached hydrogens (tertiary/aromatic N) is 3. The van der Waals surface area contributed by atoms with Crippen LogP contribution < -0.4 is 20.3 Å². The van der Waals surface area contributed by atoms with Crippen LogP contribution in [0.15, 0.2) is 23.3 Å². The van der Waals surface area contributed by atoms with Gasteiger partial charge in [-0.3, -0.25) is 19.0 Å². The van der Waals surface area contributed by atoms with E-state index in [0.717, 1.165) is 30.6 Å². The summed E-state index contributed by atoms with van der Waals surface area (Å²) in [6.07, 6.45) is 4.41. The number of fused-ring (bicyclic) bond motifs is 1. The predicted octanol–water partition coefficient (Wildman–Crippen LogP) is 4.09. The Hall–Kier alpha value is -3.11. The molecule has 1 N–H and O–H groups in total. The number of benzene rings is 1. The summed E-state index contributed by atoms with van der Waals surface area (Å²) < 4.78 is 11.9. The number of hydrogen-bond donors (Lipinski definition) is 1. The number of piperidine rings is 1. The van der Waals surface area contributed by atoms with E-state index in [1.54, 1.807) is 13.0 Å². The van der Waals surface area contributed by atoms with Crippen LogP contribution in [0.3, 0.4) is 0 Å². The zero-order chi connectivity index (χ0) is 25.3. The van der Waals surface area contributed by atoms with Crippen LogP contribution >= 0.6 is 22.9 Å². The van der Waals surface area contributed by atoms with Crippen LogP contribution in [-0.2, 0) is 11.3 Å². The van der Waals surface area contributed by atoms with Gasteiger partial charge in [0.15, 0.2) is 0 Å². The molecular weight excluding hydrogens is 492 g/mol. The van der Waals surface area contributed by atoms with Gasteiger partial charge < -0.3 is 19.7 Å². The molecule has 3 heterocycles. The first-order valence-electron chi connectivity index (χ1n) is 11.3. The van der Waals surface area contributed by atoms with Crippen molar-refractivity contribution in [2.24, 2.45) is 0 Å². The minimum Gasteiger partial charge on any atom is -0.495 e. The first-order valence-corrected chi connectivity index (χ1v) is 12.5. The number of hydrogen-bond acceptors (Lipinski definition) is 7. The molecule has 1 fully saturated rings. The molecule has 0 radical (unpaired) electrons. The molecule has 0 bridgehead atoms.